The monoisotopic (exact) mass is 309 g/mol. The van der Waals surface area contributed by atoms with Crippen LogP contribution in [0.3, 0.4) is 0 Å². The van der Waals surface area contributed by atoms with Crippen LogP contribution in [-0.4, -0.2) is 44.8 Å². The van der Waals surface area contributed by atoms with Gasteiger partial charge in [-0.2, -0.15) is 0 Å². The molecular formula is C16H23NO5. The smallest absolute Gasteiger partial charge is 0.335 e. The second-order valence-corrected chi connectivity index (χ2v) is 4.46. The van der Waals surface area contributed by atoms with Crippen molar-refractivity contribution in [2.45, 2.75) is 26.4 Å². The van der Waals surface area contributed by atoms with Gasteiger partial charge >= 0.3 is 5.97 Å². The SMILES string of the molecule is CCOC(=O)[C@H](Cc1ccc(OCCNC=O)cc1)OCC. The van der Waals surface area contributed by atoms with Crippen molar-refractivity contribution < 1.29 is 23.8 Å². The maximum atomic E-state index is 11.8. The van der Waals surface area contributed by atoms with Crippen LogP contribution in [-0.2, 0) is 25.5 Å². The average molecular weight is 309 g/mol. The molecule has 0 aliphatic heterocycles. The molecule has 122 valence electrons. The molecule has 0 bridgehead atoms. The number of nitrogens with one attached hydrogen (secondary N) is 1. The van der Waals surface area contributed by atoms with E-state index in [9.17, 15) is 9.59 Å². The third kappa shape index (κ3) is 6.58. The summed E-state index contributed by atoms with van der Waals surface area (Å²) in [7, 11) is 0. The summed E-state index contributed by atoms with van der Waals surface area (Å²) in [5.74, 6) is 0.366. The van der Waals surface area contributed by atoms with Gasteiger partial charge in [-0.1, -0.05) is 12.1 Å². The summed E-state index contributed by atoms with van der Waals surface area (Å²) in [6.07, 6.45) is 0.503. The Morgan fingerprint density at radius 3 is 2.55 bits per heavy atom. The Balaban J connectivity index is 2.53. The van der Waals surface area contributed by atoms with Crippen molar-refractivity contribution >= 4 is 12.4 Å². The minimum absolute atomic E-state index is 0.337. The minimum atomic E-state index is -0.589. The fraction of sp³-hybridized carbons (Fsp3) is 0.500. The van der Waals surface area contributed by atoms with Gasteiger partial charge in [0.15, 0.2) is 6.10 Å². The number of hydrogen-bond acceptors (Lipinski definition) is 5. The molecule has 1 N–H and O–H groups in total. The molecule has 0 fully saturated rings. The van der Waals surface area contributed by atoms with Crippen molar-refractivity contribution in [1.82, 2.24) is 5.32 Å². The highest BCUT2D eigenvalue weighted by Gasteiger charge is 2.20. The molecule has 1 amide bonds. The standard InChI is InChI=1S/C16H23NO5/c1-3-20-15(16(19)21-4-2)11-13-5-7-14(8-6-13)22-10-9-17-12-18/h5-8,12,15H,3-4,9-11H2,1-2H3,(H,17,18)/t15-/m0/s1. The van der Waals surface area contributed by atoms with Gasteiger partial charge in [0.2, 0.25) is 6.41 Å². The molecule has 1 aromatic rings. The molecule has 1 aromatic carbocycles. The van der Waals surface area contributed by atoms with E-state index >= 15 is 0 Å². The zero-order valence-corrected chi connectivity index (χ0v) is 13.0. The first-order valence-corrected chi connectivity index (χ1v) is 7.38. The Morgan fingerprint density at radius 1 is 1.23 bits per heavy atom. The van der Waals surface area contributed by atoms with Crippen molar-refractivity contribution in [3.63, 3.8) is 0 Å². The van der Waals surface area contributed by atoms with Crippen LogP contribution < -0.4 is 10.1 Å². The summed E-state index contributed by atoms with van der Waals surface area (Å²) in [6.45, 7) is 5.27. The van der Waals surface area contributed by atoms with E-state index < -0.39 is 6.10 Å². The van der Waals surface area contributed by atoms with Crippen molar-refractivity contribution in [2.75, 3.05) is 26.4 Å². The molecule has 6 nitrogen and oxygen atoms in total. The van der Waals surface area contributed by atoms with E-state index in [1.54, 1.807) is 6.92 Å². The van der Waals surface area contributed by atoms with Gasteiger partial charge in [-0.15, -0.1) is 0 Å². The number of amides is 1. The normalized spacial score (nSPS) is 11.5. The molecule has 0 saturated heterocycles. The highest BCUT2D eigenvalue weighted by Crippen LogP contribution is 2.15. The Kier molecular flexibility index (Phi) is 8.67. The lowest BCUT2D eigenvalue weighted by atomic mass is 10.1. The quantitative estimate of drug-likeness (QED) is 0.379. The Bertz CT molecular complexity index is 446. The number of rotatable bonds is 11. The maximum absolute atomic E-state index is 11.8. The first kappa shape index (κ1) is 18.0. The Hall–Kier alpha value is -2.08. The fourth-order valence-electron chi connectivity index (χ4n) is 1.87. The molecule has 0 spiro atoms. The third-order valence-electron chi connectivity index (χ3n) is 2.86. The second kappa shape index (κ2) is 10.6. The van der Waals surface area contributed by atoms with E-state index in [0.29, 0.717) is 44.9 Å². The van der Waals surface area contributed by atoms with Gasteiger partial charge in [-0.3, -0.25) is 4.79 Å². The summed E-state index contributed by atoms with van der Waals surface area (Å²) < 4.78 is 15.9. The number of benzene rings is 1. The van der Waals surface area contributed by atoms with Crippen LogP contribution in [0.2, 0.25) is 0 Å². The first-order valence-electron chi connectivity index (χ1n) is 7.38. The lowest BCUT2D eigenvalue weighted by Gasteiger charge is -2.15. The second-order valence-electron chi connectivity index (χ2n) is 4.46. The lowest BCUT2D eigenvalue weighted by molar-refractivity contribution is -0.156. The van der Waals surface area contributed by atoms with Crippen LogP contribution in [0.1, 0.15) is 19.4 Å². The molecule has 22 heavy (non-hydrogen) atoms. The van der Waals surface area contributed by atoms with E-state index in [-0.39, 0.29) is 5.97 Å². The van der Waals surface area contributed by atoms with Crippen LogP contribution in [0, 0.1) is 0 Å². The third-order valence-corrected chi connectivity index (χ3v) is 2.86. The first-order chi connectivity index (χ1) is 10.7. The van der Waals surface area contributed by atoms with Crippen LogP contribution in [0.25, 0.3) is 0 Å². The summed E-state index contributed by atoms with van der Waals surface area (Å²) in [6, 6.07) is 7.41. The summed E-state index contributed by atoms with van der Waals surface area (Å²) >= 11 is 0. The molecule has 0 saturated carbocycles. The van der Waals surface area contributed by atoms with Crippen molar-refractivity contribution in [2.24, 2.45) is 0 Å². The van der Waals surface area contributed by atoms with Gasteiger partial charge in [0.05, 0.1) is 13.2 Å². The van der Waals surface area contributed by atoms with Gasteiger partial charge in [-0.05, 0) is 31.5 Å². The molecule has 1 atom stereocenters. The van der Waals surface area contributed by atoms with Gasteiger partial charge in [0, 0.05) is 13.0 Å². The van der Waals surface area contributed by atoms with Gasteiger partial charge < -0.3 is 19.5 Å². The molecule has 0 aromatic heterocycles. The molecule has 0 aliphatic carbocycles. The van der Waals surface area contributed by atoms with Crippen LogP contribution >= 0.6 is 0 Å². The average Bonchev–Trinajstić information content (AvgIpc) is 2.53. The van der Waals surface area contributed by atoms with Gasteiger partial charge in [-0.25, -0.2) is 4.79 Å². The van der Waals surface area contributed by atoms with Crippen LogP contribution in [0.15, 0.2) is 24.3 Å². The number of esters is 1. The summed E-state index contributed by atoms with van der Waals surface area (Å²) in [5, 5.41) is 2.52. The van der Waals surface area contributed by atoms with Crippen molar-refractivity contribution in [3.8, 4) is 5.75 Å². The van der Waals surface area contributed by atoms with E-state index in [0.717, 1.165) is 5.56 Å². The largest absolute Gasteiger partial charge is 0.492 e. The number of ether oxygens (including phenoxy) is 3. The number of carbonyl (C=O) groups is 2. The molecule has 0 radical (unpaired) electrons. The van der Waals surface area contributed by atoms with E-state index in [1.165, 1.54) is 0 Å². The zero-order chi connectivity index (χ0) is 16.2. The molecule has 0 heterocycles. The molecule has 6 heteroatoms. The molecule has 0 unspecified atom stereocenters. The highest BCUT2D eigenvalue weighted by molar-refractivity contribution is 5.75. The fourth-order valence-corrected chi connectivity index (χ4v) is 1.87. The van der Waals surface area contributed by atoms with E-state index in [1.807, 2.05) is 31.2 Å². The van der Waals surface area contributed by atoms with Crippen molar-refractivity contribution in [1.29, 1.82) is 0 Å². The predicted octanol–water partition coefficient (Wildman–Crippen LogP) is 1.32. The van der Waals surface area contributed by atoms with Crippen LogP contribution in [0.4, 0.5) is 0 Å². The molecule has 0 aliphatic rings. The maximum Gasteiger partial charge on any atom is 0.335 e. The topological polar surface area (TPSA) is 73.9 Å². The Morgan fingerprint density at radius 2 is 1.95 bits per heavy atom. The molecular weight excluding hydrogens is 286 g/mol. The minimum Gasteiger partial charge on any atom is -0.492 e. The van der Waals surface area contributed by atoms with E-state index in [2.05, 4.69) is 5.32 Å². The summed E-state index contributed by atoms with van der Waals surface area (Å²) in [4.78, 5) is 21.9. The van der Waals surface area contributed by atoms with Gasteiger partial charge in [0.1, 0.15) is 12.4 Å². The van der Waals surface area contributed by atoms with E-state index in [4.69, 9.17) is 14.2 Å². The van der Waals surface area contributed by atoms with Crippen molar-refractivity contribution in [3.05, 3.63) is 29.8 Å². The van der Waals surface area contributed by atoms with Crippen LogP contribution in [0.5, 0.6) is 5.75 Å². The Labute approximate surface area is 130 Å². The lowest BCUT2D eigenvalue weighted by Crippen LogP contribution is -2.28. The zero-order valence-electron chi connectivity index (χ0n) is 13.0. The predicted molar refractivity (Wildman–Crippen MR) is 81.8 cm³/mol. The van der Waals surface area contributed by atoms with Gasteiger partial charge in [0.25, 0.3) is 0 Å². The molecule has 1 rings (SSSR count). The number of carbonyl (C=O) groups excluding carboxylic acids is 2. The summed E-state index contributed by atoms with van der Waals surface area (Å²) in [5.41, 5.74) is 0.963. The number of hydrogen-bond donors (Lipinski definition) is 1. The highest BCUT2D eigenvalue weighted by atomic mass is 16.6.